The highest BCUT2D eigenvalue weighted by Crippen LogP contribution is 2.28. The Morgan fingerprint density at radius 3 is 2.93 bits per heavy atom. The summed E-state index contributed by atoms with van der Waals surface area (Å²) in [6.45, 7) is 3.41. The number of thiophene rings is 1. The molecular formula is C20H20N2O3S2. The van der Waals surface area contributed by atoms with E-state index >= 15 is 0 Å². The lowest BCUT2D eigenvalue weighted by Crippen LogP contribution is -2.44. The first-order chi connectivity index (χ1) is 13.3. The molecule has 0 saturated carbocycles. The summed E-state index contributed by atoms with van der Waals surface area (Å²) in [6.07, 6.45) is -0.109. The largest absolute Gasteiger partial charge is 0.458 e. The molecule has 140 valence electrons. The number of rotatable bonds is 6. The predicted molar refractivity (Wildman–Crippen MR) is 107 cm³/mol. The first-order valence-corrected chi connectivity index (χ1v) is 10.6. The third-order valence-corrected chi connectivity index (χ3v) is 6.20. The van der Waals surface area contributed by atoms with Crippen LogP contribution in [0.3, 0.4) is 0 Å². The number of ether oxygens (including phenoxy) is 2. The number of benzene rings is 1. The van der Waals surface area contributed by atoms with Gasteiger partial charge in [0, 0.05) is 25.0 Å². The molecule has 1 fully saturated rings. The average Bonchev–Trinajstić information content (AvgIpc) is 3.39. The SMILES string of the molecule is O=C(OCC1CN(Cc2ccccc2)CCO1)c1csc(-c2cccs2)n1. The van der Waals surface area contributed by atoms with Crippen LogP contribution in [-0.2, 0) is 16.0 Å². The third kappa shape index (κ3) is 4.81. The molecule has 0 spiro atoms. The summed E-state index contributed by atoms with van der Waals surface area (Å²) in [6, 6.07) is 14.3. The number of morpholine rings is 1. The summed E-state index contributed by atoms with van der Waals surface area (Å²) in [5.74, 6) is -0.391. The maximum absolute atomic E-state index is 12.3. The van der Waals surface area contributed by atoms with Crippen molar-refractivity contribution in [2.45, 2.75) is 12.6 Å². The second-order valence-corrected chi connectivity index (χ2v) is 8.13. The smallest absolute Gasteiger partial charge is 0.357 e. The van der Waals surface area contributed by atoms with Crippen LogP contribution in [0.5, 0.6) is 0 Å². The number of aromatic nitrogens is 1. The van der Waals surface area contributed by atoms with Gasteiger partial charge in [-0.2, -0.15) is 0 Å². The number of hydrogen-bond acceptors (Lipinski definition) is 7. The number of carbonyl (C=O) groups is 1. The summed E-state index contributed by atoms with van der Waals surface area (Å²) in [5.41, 5.74) is 1.64. The monoisotopic (exact) mass is 400 g/mol. The van der Waals surface area contributed by atoms with Crippen LogP contribution >= 0.6 is 22.7 Å². The van der Waals surface area contributed by atoms with Gasteiger partial charge in [0.05, 0.1) is 11.5 Å². The number of thiazole rings is 1. The Kier molecular flexibility index (Phi) is 5.94. The van der Waals surface area contributed by atoms with Crippen LogP contribution in [0.1, 0.15) is 16.1 Å². The van der Waals surface area contributed by atoms with E-state index in [9.17, 15) is 4.79 Å². The molecule has 1 unspecified atom stereocenters. The Morgan fingerprint density at radius 1 is 1.22 bits per heavy atom. The van der Waals surface area contributed by atoms with Gasteiger partial charge in [-0.05, 0) is 17.0 Å². The van der Waals surface area contributed by atoms with Gasteiger partial charge in [0.1, 0.15) is 17.7 Å². The fourth-order valence-corrected chi connectivity index (χ4v) is 4.59. The average molecular weight is 401 g/mol. The third-order valence-electron chi connectivity index (χ3n) is 4.32. The molecule has 0 N–H and O–H groups in total. The Balaban J connectivity index is 1.28. The topological polar surface area (TPSA) is 51.7 Å². The molecule has 5 nitrogen and oxygen atoms in total. The summed E-state index contributed by atoms with van der Waals surface area (Å²) < 4.78 is 11.2. The number of hydrogen-bond donors (Lipinski definition) is 0. The lowest BCUT2D eigenvalue weighted by molar-refractivity contribution is -0.0613. The predicted octanol–water partition coefficient (Wildman–Crippen LogP) is 3.93. The zero-order valence-electron chi connectivity index (χ0n) is 14.7. The Labute approximate surface area is 166 Å². The van der Waals surface area contributed by atoms with Crippen LogP contribution in [0.2, 0.25) is 0 Å². The highest BCUT2D eigenvalue weighted by Gasteiger charge is 2.23. The van der Waals surface area contributed by atoms with Crippen LogP contribution in [-0.4, -0.2) is 48.3 Å². The summed E-state index contributed by atoms with van der Waals surface area (Å²) >= 11 is 3.07. The van der Waals surface area contributed by atoms with Gasteiger partial charge in [-0.15, -0.1) is 22.7 Å². The zero-order chi connectivity index (χ0) is 18.5. The van der Waals surface area contributed by atoms with Crippen molar-refractivity contribution in [3.8, 4) is 9.88 Å². The van der Waals surface area contributed by atoms with Crippen molar-refractivity contribution in [1.29, 1.82) is 0 Å². The molecule has 7 heteroatoms. The van der Waals surface area contributed by atoms with E-state index in [1.807, 2.05) is 35.7 Å². The second-order valence-electron chi connectivity index (χ2n) is 6.33. The van der Waals surface area contributed by atoms with E-state index in [1.165, 1.54) is 16.9 Å². The van der Waals surface area contributed by atoms with Crippen molar-refractivity contribution >= 4 is 28.6 Å². The lowest BCUT2D eigenvalue weighted by atomic mass is 10.2. The zero-order valence-corrected chi connectivity index (χ0v) is 16.4. The van der Waals surface area contributed by atoms with Gasteiger partial charge in [-0.25, -0.2) is 9.78 Å². The molecule has 0 amide bonds. The van der Waals surface area contributed by atoms with E-state index in [2.05, 4.69) is 22.0 Å². The van der Waals surface area contributed by atoms with E-state index in [-0.39, 0.29) is 12.7 Å². The standard InChI is InChI=1S/C20H20N2O3S2/c23-20(17-14-27-19(21-17)18-7-4-10-26-18)25-13-16-12-22(8-9-24-16)11-15-5-2-1-3-6-15/h1-7,10,14,16H,8-9,11-13H2. The maximum atomic E-state index is 12.3. The van der Waals surface area contributed by atoms with Crippen LogP contribution in [0.4, 0.5) is 0 Å². The maximum Gasteiger partial charge on any atom is 0.357 e. The molecule has 1 atom stereocenters. The highest BCUT2D eigenvalue weighted by molar-refractivity contribution is 7.20. The van der Waals surface area contributed by atoms with Crippen molar-refractivity contribution in [2.75, 3.05) is 26.3 Å². The van der Waals surface area contributed by atoms with E-state index in [1.54, 1.807) is 16.7 Å². The molecule has 0 radical (unpaired) electrons. The van der Waals surface area contributed by atoms with Gasteiger partial charge in [-0.1, -0.05) is 36.4 Å². The molecule has 3 heterocycles. The Bertz CT molecular complexity index is 865. The lowest BCUT2D eigenvalue weighted by Gasteiger charge is -2.32. The minimum Gasteiger partial charge on any atom is -0.458 e. The molecule has 1 aliphatic heterocycles. The van der Waals surface area contributed by atoms with Crippen molar-refractivity contribution in [3.63, 3.8) is 0 Å². The molecule has 1 saturated heterocycles. The molecule has 1 aromatic carbocycles. The van der Waals surface area contributed by atoms with Crippen molar-refractivity contribution in [1.82, 2.24) is 9.88 Å². The van der Waals surface area contributed by atoms with Crippen LogP contribution in [0.25, 0.3) is 9.88 Å². The molecule has 0 aliphatic carbocycles. The fraction of sp³-hybridized carbons (Fsp3) is 0.300. The van der Waals surface area contributed by atoms with Crippen LogP contribution in [0, 0.1) is 0 Å². The van der Waals surface area contributed by atoms with Gasteiger partial charge in [0.25, 0.3) is 0 Å². The van der Waals surface area contributed by atoms with Gasteiger partial charge in [0.2, 0.25) is 0 Å². The summed E-state index contributed by atoms with van der Waals surface area (Å²) in [7, 11) is 0. The van der Waals surface area contributed by atoms with Crippen molar-refractivity contribution < 1.29 is 14.3 Å². The van der Waals surface area contributed by atoms with Gasteiger partial charge in [0.15, 0.2) is 5.69 Å². The van der Waals surface area contributed by atoms with Crippen molar-refractivity contribution in [3.05, 3.63) is 64.5 Å². The molecule has 27 heavy (non-hydrogen) atoms. The highest BCUT2D eigenvalue weighted by atomic mass is 32.1. The van der Waals surface area contributed by atoms with E-state index < -0.39 is 5.97 Å². The van der Waals surface area contributed by atoms with Crippen LogP contribution < -0.4 is 0 Å². The fourth-order valence-electron chi connectivity index (χ4n) is 2.99. The first kappa shape index (κ1) is 18.3. The van der Waals surface area contributed by atoms with E-state index in [0.29, 0.717) is 12.3 Å². The van der Waals surface area contributed by atoms with Gasteiger partial charge >= 0.3 is 5.97 Å². The van der Waals surface area contributed by atoms with E-state index in [0.717, 1.165) is 29.5 Å². The number of esters is 1. The first-order valence-electron chi connectivity index (χ1n) is 8.82. The number of nitrogens with zero attached hydrogens (tertiary/aromatic N) is 2. The molecular weight excluding hydrogens is 380 g/mol. The quantitative estimate of drug-likeness (QED) is 0.587. The molecule has 4 rings (SSSR count). The normalized spacial score (nSPS) is 17.7. The molecule has 3 aromatic rings. The summed E-state index contributed by atoms with van der Waals surface area (Å²) in [4.78, 5) is 20.1. The minimum absolute atomic E-state index is 0.109. The second kappa shape index (κ2) is 8.75. The van der Waals surface area contributed by atoms with Crippen molar-refractivity contribution in [2.24, 2.45) is 0 Å². The molecule has 0 bridgehead atoms. The molecule has 1 aliphatic rings. The Morgan fingerprint density at radius 2 is 2.11 bits per heavy atom. The summed E-state index contributed by atoms with van der Waals surface area (Å²) in [5, 5.41) is 4.59. The number of carbonyl (C=O) groups excluding carboxylic acids is 1. The Hall–Kier alpha value is -2.06. The van der Waals surface area contributed by atoms with E-state index in [4.69, 9.17) is 9.47 Å². The minimum atomic E-state index is -0.391. The van der Waals surface area contributed by atoms with Gasteiger partial charge < -0.3 is 9.47 Å². The van der Waals surface area contributed by atoms with Gasteiger partial charge in [-0.3, -0.25) is 4.90 Å². The van der Waals surface area contributed by atoms with Crippen LogP contribution in [0.15, 0.2) is 53.2 Å². The molecule has 2 aromatic heterocycles.